The summed E-state index contributed by atoms with van der Waals surface area (Å²) in [6, 6.07) is 3.24. The van der Waals surface area contributed by atoms with Crippen molar-refractivity contribution in [1.29, 1.82) is 0 Å². The van der Waals surface area contributed by atoms with E-state index in [9.17, 15) is 4.39 Å². The predicted octanol–water partition coefficient (Wildman–Crippen LogP) is 1.56. The molecule has 0 aliphatic rings. The van der Waals surface area contributed by atoms with Gasteiger partial charge in [0.15, 0.2) is 5.76 Å². The average molecular weight is 110 g/mol. The van der Waals surface area contributed by atoms with Gasteiger partial charge in [-0.25, -0.2) is 0 Å². The Bertz CT molecular complexity index is 202. The highest BCUT2D eigenvalue weighted by Gasteiger charge is 1.83. The zero-order chi connectivity index (χ0) is 5.82. The van der Waals surface area contributed by atoms with Crippen LogP contribution in [0, 0.1) is 12.1 Å². The summed E-state index contributed by atoms with van der Waals surface area (Å²) in [7, 11) is 0. The van der Waals surface area contributed by atoms with Crippen molar-refractivity contribution in [2.75, 3.05) is 0 Å². The van der Waals surface area contributed by atoms with Gasteiger partial charge in [0, 0.05) is 5.92 Å². The van der Waals surface area contributed by atoms with E-state index in [1.807, 2.05) is 0 Å². The third-order valence-electron chi connectivity index (χ3n) is 0.692. The number of hydrogen-bond acceptors (Lipinski definition) is 1. The van der Waals surface area contributed by atoms with Gasteiger partial charge in [0.1, 0.15) is 6.17 Å². The van der Waals surface area contributed by atoms with Crippen LogP contribution in [0.15, 0.2) is 22.8 Å². The summed E-state index contributed by atoms with van der Waals surface area (Å²) in [5.41, 5.74) is 0. The first-order valence-electron chi connectivity index (χ1n) is 2.08. The Kier molecular flexibility index (Phi) is 1.34. The Morgan fingerprint density at radius 3 is 3.00 bits per heavy atom. The molecule has 0 aromatic carbocycles. The quantitative estimate of drug-likeness (QED) is 0.462. The van der Waals surface area contributed by atoms with Crippen LogP contribution in [0.4, 0.5) is 4.39 Å². The molecule has 0 fully saturated rings. The highest BCUT2D eigenvalue weighted by Crippen LogP contribution is 1.95. The van der Waals surface area contributed by atoms with E-state index in [-0.39, 0.29) is 0 Å². The number of halogens is 1. The molecule has 0 atom stereocenters. The van der Waals surface area contributed by atoms with Gasteiger partial charge in [0.2, 0.25) is 0 Å². The van der Waals surface area contributed by atoms with Gasteiger partial charge in [-0.2, -0.15) is 0 Å². The summed E-state index contributed by atoms with van der Waals surface area (Å²) < 4.78 is 15.8. The topological polar surface area (TPSA) is 13.1 Å². The summed E-state index contributed by atoms with van der Waals surface area (Å²) in [6.07, 6.45) is 2.67. The van der Waals surface area contributed by atoms with Gasteiger partial charge in [-0.15, -0.1) is 4.39 Å². The van der Waals surface area contributed by atoms with Crippen LogP contribution in [-0.4, -0.2) is 0 Å². The monoisotopic (exact) mass is 110 g/mol. The van der Waals surface area contributed by atoms with E-state index in [2.05, 4.69) is 10.3 Å². The Morgan fingerprint density at radius 2 is 2.50 bits per heavy atom. The normalized spacial score (nSPS) is 7.62. The molecule has 1 aromatic heterocycles. The lowest BCUT2D eigenvalue weighted by Gasteiger charge is -1.69. The van der Waals surface area contributed by atoms with Crippen LogP contribution in [0.25, 0.3) is 0 Å². The van der Waals surface area contributed by atoms with Crippen molar-refractivity contribution in [3.8, 4) is 12.1 Å². The van der Waals surface area contributed by atoms with Crippen molar-refractivity contribution < 1.29 is 8.81 Å². The number of hydrogen-bond donors (Lipinski definition) is 0. The summed E-state index contributed by atoms with van der Waals surface area (Å²) in [5.74, 6) is 2.46. The van der Waals surface area contributed by atoms with Gasteiger partial charge in [0.25, 0.3) is 0 Å². The van der Waals surface area contributed by atoms with E-state index in [4.69, 9.17) is 0 Å². The third kappa shape index (κ3) is 0.881. The second kappa shape index (κ2) is 2.17. The van der Waals surface area contributed by atoms with Crippen LogP contribution in [0.3, 0.4) is 0 Å². The van der Waals surface area contributed by atoms with Crippen molar-refractivity contribution in [3.05, 3.63) is 24.2 Å². The average Bonchev–Trinajstić information content (AvgIpc) is 2.19. The Morgan fingerprint density at radius 1 is 1.62 bits per heavy atom. The zero-order valence-electron chi connectivity index (χ0n) is 4.02. The first-order valence-corrected chi connectivity index (χ1v) is 2.08. The SMILES string of the molecule is FC#Cc1ccco1. The van der Waals surface area contributed by atoms with E-state index in [1.165, 1.54) is 12.4 Å². The molecule has 1 heterocycles. The second-order valence-electron chi connectivity index (χ2n) is 1.20. The van der Waals surface area contributed by atoms with Crippen molar-refractivity contribution >= 4 is 0 Å². The molecular weight excluding hydrogens is 107 g/mol. The molecule has 1 nitrogen and oxygen atoms in total. The lowest BCUT2D eigenvalue weighted by Crippen LogP contribution is -1.57. The lowest BCUT2D eigenvalue weighted by atomic mass is 10.5. The molecule has 0 bridgehead atoms. The molecule has 0 aliphatic heterocycles. The van der Waals surface area contributed by atoms with Crippen LogP contribution in [0.5, 0.6) is 0 Å². The molecule has 0 unspecified atom stereocenters. The van der Waals surface area contributed by atoms with Crippen molar-refractivity contribution in [2.24, 2.45) is 0 Å². The highest BCUT2D eigenvalue weighted by molar-refractivity contribution is 5.21. The molecule has 1 aromatic rings. The summed E-state index contributed by atoms with van der Waals surface area (Å²) in [4.78, 5) is 0. The fraction of sp³-hybridized carbons (Fsp3) is 0. The molecular formula is C6H3FO. The minimum atomic E-state index is 0.354. The first kappa shape index (κ1) is 4.92. The van der Waals surface area contributed by atoms with Gasteiger partial charge in [0.05, 0.1) is 6.26 Å². The summed E-state index contributed by atoms with van der Waals surface area (Å²) in [6.45, 7) is 0. The van der Waals surface area contributed by atoms with E-state index < -0.39 is 0 Å². The van der Waals surface area contributed by atoms with Crippen LogP contribution < -0.4 is 0 Å². The van der Waals surface area contributed by atoms with E-state index >= 15 is 0 Å². The minimum absolute atomic E-state index is 0.354. The van der Waals surface area contributed by atoms with E-state index in [0.717, 1.165) is 0 Å². The van der Waals surface area contributed by atoms with Gasteiger partial charge < -0.3 is 4.42 Å². The first-order chi connectivity index (χ1) is 3.93. The Hall–Kier alpha value is -1.23. The maximum absolute atomic E-state index is 11.1. The number of rotatable bonds is 0. The van der Waals surface area contributed by atoms with Crippen LogP contribution in [0.2, 0.25) is 0 Å². The molecule has 0 amide bonds. The maximum atomic E-state index is 11.1. The van der Waals surface area contributed by atoms with Gasteiger partial charge in [-0.3, -0.25) is 0 Å². The van der Waals surface area contributed by atoms with Crippen LogP contribution >= 0.6 is 0 Å². The van der Waals surface area contributed by atoms with Crippen molar-refractivity contribution in [2.45, 2.75) is 0 Å². The third-order valence-corrected chi connectivity index (χ3v) is 0.692. The van der Waals surface area contributed by atoms with Crippen LogP contribution in [-0.2, 0) is 0 Å². The highest BCUT2D eigenvalue weighted by atomic mass is 19.1. The molecule has 40 valence electrons. The molecule has 0 spiro atoms. The molecule has 1 rings (SSSR count). The maximum Gasteiger partial charge on any atom is 0.179 e. The summed E-state index contributed by atoms with van der Waals surface area (Å²) >= 11 is 0. The molecule has 0 saturated heterocycles. The molecule has 0 radical (unpaired) electrons. The van der Waals surface area contributed by atoms with Gasteiger partial charge in [-0.1, -0.05) is 0 Å². The Balaban J connectivity index is 2.88. The fourth-order valence-corrected chi connectivity index (χ4v) is 0.396. The number of furan rings is 1. The molecule has 0 N–H and O–H groups in total. The van der Waals surface area contributed by atoms with Crippen LogP contribution in [0.1, 0.15) is 5.76 Å². The predicted molar refractivity (Wildman–Crippen MR) is 26.7 cm³/mol. The lowest BCUT2D eigenvalue weighted by molar-refractivity contribution is 0.553. The summed E-state index contributed by atoms with van der Waals surface area (Å²) in [5, 5.41) is 0. The Labute approximate surface area is 46.1 Å². The van der Waals surface area contributed by atoms with Gasteiger partial charge in [-0.05, 0) is 12.1 Å². The van der Waals surface area contributed by atoms with E-state index in [0.29, 0.717) is 5.76 Å². The van der Waals surface area contributed by atoms with E-state index in [1.54, 1.807) is 12.1 Å². The largest absolute Gasteiger partial charge is 0.456 e. The van der Waals surface area contributed by atoms with Crippen molar-refractivity contribution in [1.82, 2.24) is 0 Å². The molecule has 8 heavy (non-hydrogen) atoms. The standard InChI is InChI=1S/C6H3FO/c7-4-3-6-2-1-5-8-6/h1-2,5H. The van der Waals surface area contributed by atoms with Crippen molar-refractivity contribution in [3.63, 3.8) is 0 Å². The smallest absolute Gasteiger partial charge is 0.179 e. The molecule has 2 heteroatoms. The fourth-order valence-electron chi connectivity index (χ4n) is 0.396. The molecule has 0 aliphatic carbocycles. The second-order valence-corrected chi connectivity index (χ2v) is 1.20. The molecule has 0 saturated carbocycles. The van der Waals surface area contributed by atoms with Gasteiger partial charge >= 0.3 is 0 Å². The minimum Gasteiger partial charge on any atom is -0.456 e. The zero-order valence-corrected chi connectivity index (χ0v) is 4.02.